The van der Waals surface area contributed by atoms with Gasteiger partial charge in [-0.15, -0.1) is 0 Å². The van der Waals surface area contributed by atoms with Crippen LogP contribution in [-0.2, 0) is 16.4 Å². The Balaban J connectivity index is 1.64. The van der Waals surface area contributed by atoms with Crippen molar-refractivity contribution >= 4 is 10.0 Å². The molecule has 0 spiro atoms. The van der Waals surface area contributed by atoms with Crippen LogP contribution in [-0.4, -0.2) is 46.7 Å². The summed E-state index contributed by atoms with van der Waals surface area (Å²) in [6.45, 7) is 0.606. The maximum absolute atomic E-state index is 11.7. The fourth-order valence-corrected chi connectivity index (χ4v) is 3.99. The number of aromatic nitrogens is 3. The summed E-state index contributed by atoms with van der Waals surface area (Å²) in [6.07, 6.45) is 6.02. The summed E-state index contributed by atoms with van der Waals surface area (Å²) < 4.78 is 30.2. The van der Waals surface area contributed by atoms with Gasteiger partial charge in [-0.05, 0) is 31.4 Å². The van der Waals surface area contributed by atoms with Crippen LogP contribution < -0.4 is 0 Å². The lowest BCUT2D eigenvalue weighted by molar-refractivity contribution is 0.367. The van der Waals surface area contributed by atoms with Gasteiger partial charge in [-0.3, -0.25) is 4.98 Å². The van der Waals surface area contributed by atoms with Gasteiger partial charge >= 0.3 is 0 Å². The lowest BCUT2D eigenvalue weighted by Gasteiger charge is -2.21. The number of nitrogens with zero attached hydrogens (tertiary/aromatic N) is 4. The number of hydrogen-bond acceptors (Lipinski definition) is 6. The lowest BCUT2D eigenvalue weighted by Crippen LogP contribution is -2.34. The Morgan fingerprint density at radius 3 is 3.00 bits per heavy atom. The highest BCUT2D eigenvalue weighted by Crippen LogP contribution is 2.24. The van der Waals surface area contributed by atoms with Crippen molar-refractivity contribution in [3.63, 3.8) is 0 Å². The molecule has 2 aromatic heterocycles. The van der Waals surface area contributed by atoms with E-state index in [1.165, 1.54) is 6.26 Å². The smallest absolute Gasteiger partial charge is 0.276 e. The minimum atomic E-state index is -3.13. The summed E-state index contributed by atoms with van der Waals surface area (Å²) in [5.74, 6) is 0.975. The largest absolute Gasteiger partial charge is 0.332 e. The first-order valence-electron chi connectivity index (χ1n) is 7.25. The molecular weight excluding hydrogens is 304 g/mol. The third kappa shape index (κ3) is 3.33. The van der Waals surface area contributed by atoms with Gasteiger partial charge in [0.05, 0.1) is 6.26 Å². The van der Waals surface area contributed by atoms with Crippen LogP contribution in [0.25, 0.3) is 11.6 Å². The van der Waals surface area contributed by atoms with Crippen LogP contribution in [0.3, 0.4) is 0 Å². The van der Waals surface area contributed by atoms with Gasteiger partial charge in [-0.2, -0.15) is 9.29 Å². The molecule has 0 bridgehead atoms. The quantitative estimate of drug-likeness (QED) is 0.828. The minimum Gasteiger partial charge on any atom is -0.332 e. The van der Waals surface area contributed by atoms with Crippen molar-refractivity contribution in [2.75, 3.05) is 12.8 Å². The molecular formula is C14H18N4O3S. The van der Waals surface area contributed by atoms with Gasteiger partial charge < -0.3 is 4.52 Å². The second kappa shape index (κ2) is 6.13. The monoisotopic (exact) mass is 322 g/mol. The normalized spacial score (nSPS) is 19.6. The number of rotatable bonds is 5. The Labute approximate surface area is 129 Å². The molecule has 118 valence electrons. The molecule has 8 heteroatoms. The van der Waals surface area contributed by atoms with E-state index in [4.69, 9.17) is 4.52 Å². The zero-order chi connectivity index (χ0) is 15.6. The van der Waals surface area contributed by atoms with E-state index in [0.29, 0.717) is 36.8 Å². The molecule has 0 radical (unpaired) electrons. The Kier molecular flexibility index (Phi) is 4.21. The minimum absolute atomic E-state index is 0.0341. The molecule has 1 saturated heterocycles. The molecule has 3 rings (SSSR count). The molecule has 0 aliphatic carbocycles. The van der Waals surface area contributed by atoms with E-state index in [0.717, 1.165) is 12.8 Å². The number of pyridine rings is 1. The van der Waals surface area contributed by atoms with Crippen molar-refractivity contribution in [2.45, 2.75) is 31.7 Å². The SMILES string of the molecule is CS(=O)(=O)N1CCC[C@@H]1CCc1noc(-c2ccccn2)n1. The molecule has 1 fully saturated rings. The van der Waals surface area contributed by atoms with Crippen LogP contribution in [0.15, 0.2) is 28.9 Å². The summed E-state index contributed by atoms with van der Waals surface area (Å²) in [5.41, 5.74) is 0.639. The van der Waals surface area contributed by atoms with E-state index in [1.807, 2.05) is 12.1 Å². The first-order valence-corrected chi connectivity index (χ1v) is 9.09. The van der Waals surface area contributed by atoms with Crippen molar-refractivity contribution in [3.8, 4) is 11.6 Å². The molecule has 0 N–H and O–H groups in total. The standard InChI is InChI=1S/C14H18N4O3S/c1-22(19,20)18-10-4-5-11(18)7-8-13-16-14(21-17-13)12-6-2-3-9-15-12/h2-3,6,9,11H,4-5,7-8,10H2,1H3/t11-/m1/s1. The van der Waals surface area contributed by atoms with Gasteiger partial charge in [0.1, 0.15) is 5.69 Å². The summed E-state index contributed by atoms with van der Waals surface area (Å²) in [4.78, 5) is 8.48. The highest BCUT2D eigenvalue weighted by atomic mass is 32.2. The van der Waals surface area contributed by atoms with E-state index in [-0.39, 0.29) is 6.04 Å². The van der Waals surface area contributed by atoms with E-state index in [2.05, 4.69) is 15.1 Å². The predicted molar refractivity (Wildman–Crippen MR) is 80.4 cm³/mol. The van der Waals surface area contributed by atoms with Gasteiger partial charge in [0.25, 0.3) is 5.89 Å². The third-order valence-electron chi connectivity index (χ3n) is 3.80. The van der Waals surface area contributed by atoms with Gasteiger partial charge in [-0.25, -0.2) is 8.42 Å². The summed E-state index contributed by atoms with van der Waals surface area (Å²) in [7, 11) is -3.13. The average Bonchev–Trinajstić information content (AvgIpc) is 3.15. The van der Waals surface area contributed by atoms with Gasteiger partial charge in [0.15, 0.2) is 5.82 Å². The number of hydrogen-bond donors (Lipinski definition) is 0. The highest BCUT2D eigenvalue weighted by Gasteiger charge is 2.31. The molecule has 0 amide bonds. The third-order valence-corrected chi connectivity index (χ3v) is 5.14. The molecule has 3 heterocycles. The molecule has 1 aliphatic heterocycles. The van der Waals surface area contributed by atoms with Crippen molar-refractivity contribution in [1.29, 1.82) is 0 Å². The van der Waals surface area contributed by atoms with E-state index in [1.54, 1.807) is 16.6 Å². The molecule has 1 aliphatic rings. The van der Waals surface area contributed by atoms with E-state index >= 15 is 0 Å². The highest BCUT2D eigenvalue weighted by molar-refractivity contribution is 7.88. The molecule has 0 aromatic carbocycles. The van der Waals surface area contributed by atoms with Crippen molar-refractivity contribution in [3.05, 3.63) is 30.2 Å². The average molecular weight is 322 g/mol. The van der Waals surface area contributed by atoms with Gasteiger partial charge in [0, 0.05) is 25.2 Å². The topological polar surface area (TPSA) is 89.2 Å². The van der Waals surface area contributed by atoms with E-state index in [9.17, 15) is 8.42 Å². The van der Waals surface area contributed by atoms with Gasteiger partial charge in [0.2, 0.25) is 10.0 Å². The van der Waals surface area contributed by atoms with Crippen LogP contribution in [0.4, 0.5) is 0 Å². The van der Waals surface area contributed by atoms with Crippen LogP contribution in [0.1, 0.15) is 25.1 Å². The predicted octanol–water partition coefficient (Wildman–Crippen LogP) is 1.49. The Bertz CT molecular complexity index is 730. The first kappa shape index (κ1) is 15.1. The number of aryl methyl sites for hydroxylation is 1. The van der Waals surface area contributed by atoms with Crippen molar-refractivity contribution in [1.82, 2.24) is 19.4 Å². The zero-order valence-corrected chi connectivity index (χ0v) is 13.2. The molecule has 7 nitrogen and oxygen atoms in total. The molecule has 1 atom stereocenters. The van der Waals surface area contributed by atoms with Crippen LogP contribution in [0.2, 0.25) is 0 Å². The molecule has 0 saturated carbocycles. The summed E-state index contributed by atoms with van der Waals surface area (Å²) >= 11 is 0. The van der Waals surface area contributed by atoms with Crippen LogP contribution in [0, 0.1) is 0 Å². The summed E-state index contributed by atoms with van der Waals surface area (Å²) in [5, 5.41) is 3.95. The lowest BCUT2D eigenvalue weighted by atomic mass is 10.1. The fraction of sp³-hybridized carbons (Fsp3) is 0.500. The Morgan fingerprint density at radius 1 is 1.41 bits per heavy atom. The number of sulfonamides is 1. The Hall–Kier alpha value is -1.80. The molecule has 0 unspecified atom stereocenters. The second-order valence-corrected chi connectivity index (χ2v) is 7.37. The van der Waals surface area contributed by atoms with Crippen LogP contribution in [0.5, 0.6) is 0 Å². The molecule has 2 aromatic rings. The second-order valence-electron chi connectivity index (χ2n) is 5.44. The zero-order valence-electron chi connectivity index (χ0n) is 12.3. The van der Waals surface area contributed by atoms with E-state index < -0.39 is 10.0 Å². The maximum Gasteiger partial charge on any atom is 0.276 e. The summed E-state index contributed by atoms with van der Waals surface area (Å²) in [6, 6.07) is 5.52. The van der Waals surface area contributed by atoms with Gasteiger partial charge in [-0.1, -0.05) is 11.2 Å². The van der Waals surface area contributed by atoms with Crippen molar-refractivity contribution < 1.29 is 12.9 Å². The Morgan fingerprint density at radius 2 is 2.27 bits per heavy atom. The van der Waals surface area contributed by atoms with Crippen molar-refractivity contribution in [2.24, 2.45) is 0 Å². The molecule has 22 heavy (non-hydrogen) atoms. The maximum atomic E-state index is 11.7. The first-order chi connectivity index (χ1) is 10.5. The fourth-order valence-electron chi connectivity index (χ4n) is 2.78. The van der Waals surface area contributed by atoms with Crippen LogP contribution >= 0.6 is 0 Å².